The van der Waals surface area contributed by atoms with Crippen molar-refractivity contribution in [2.75, 3.05) is 23.3 Å². The van der Waals surface area contributed by atoms with Gasteiger partial charge in [0.15, 0.2) is 0 Å². The van der Waals surface area contributed by atoms with Crippen LogP contribution in [0, 0.1) is 17.0 Å². The van der Waals surface area contributed by atoms with Gasteiger partial charge in [-0.15, -0.1) is 0 Å². The molecule has 0 saturated carbocycles. The molecule has 0 bridgehead atoms. The zero-order valence-electron chi connectivity index (χ0n) is 15.3. The highest BCUT2D eigenvalue weighted by molar-refractivity contribution is 5.89. The molecule has 0 unspecified atom stereocenters. The largest absolute Gasteiger partial charge is 0.356 e. The van der Waals surface area contributed by atoms with Crippen LogP contribution in [0.25, 0.3) is 0 Å². The maximum atomic E-state index is 12.2. The summed E-state index contributed by atoms with van der Waals surface area (Å²) in [7, 11) is 0. The van der Waals surface area contributed by atoms with Crippen molar-refractivity contribution >= 4 is 23.2 Å². The molecule has 3 rings (SSSR count). The van der Waals surface area contributed by atoms with E-state index in [1.54, 1.807) is 25.3 Å². The summed E-state index contributed by atoms with van der Waals surface area (Å²) in [6.45, 7) is 3.94. The SMILES string of the molecule is Cc1ccc(NC(=O)NCc2cccnc2N2CCCCC2)cc1[N+](=O)[O-]. The van der Waals surface area contributed by atoms with Crippen molar-refractivity contribution in [2.24, 2.45) is 0 Å². The summed E-state index contributed by atoms with van der Waals surface area (Å²) in [6.07, 6.45) is 5.30. The number of aromatic nitrogens is 1. The van der Waals surface area contributed by atoms with Crippen molar-refractivity contribution in [1.82, 2.24) is 10.3 Å². The van der Waals surface area contributed by atoms with E-state index in [1.165, 1.54) is 12.5 Å². The number of rotatable bonds is 5. The topological polar surface area (TPSA) is 100 Å². The maximum absolute atomic E-state index is 12.2. The van der Waals surface area contributed by atoms with E-state index >= 15 is 0 Å². The van der Waals surface area contributed by atoms with Crippen LogP contribution in [0.1, 0.15) is 30.4 Å². The number of hydrogen-bond acceptors (Lipinski definition) is 5. The Morgan fingerprint density at radius 1 is 1.26 bits per heavy atom. The minimum atomic E-state index is -0.459. The van der Waals surface area contributed by atoms with Crippen LogP contribution < -0.4 is 15.5 Å². The highest BCUT2D eigenvalue weighted by Crippen LogP contribution is 2.23. The van der Waals surface area contributed by atoms with Crippen LogP contribution in [0.2, 0.25) is 0 Å². The Hall–Kier alpha value is -3.16. The van der Waals surface area contributed by atoms with Gasteiger partial charge in [-0.2, -0.15) is 0 Å². The van der Waals surface area contributed by atoms with Crippen molar-refractivity contribution in [2.45, 2.75) is 32.7 Å². The first kappa shape index (κ1) is 18.6. The number of nitrogens with one attached hydrogen (secondary N) is 2. The molecule has 0 radical (unpaired) electrons. The standard InChI is InChI=1S/C19H23N5O3/c1-14-7-8-16(12-17(14)24(26)27)22-19(25)21-13-15-6-5-9-20-18(15)23-10-3-2-4-11-23/h5-9,12H,2-4,10-11,13H2,1H3,(H2,21,22,25). The van der Waals surface area contributed by atoms with Crippen LogP contribution in [0.15, 0.2) is 36.5 Å². The Bertz CT molecular complexity index is 834. The average Bonchev–Trinajstić information content (AvgIpc) is 2.68. The number of pyridine rings is 1. The predicted molar refractivity (Wildman–Crippen MR) is 104 cm³/mol. The fraction of sp³-hybridized carbons (Fsp3) is 0.368. The zero-order valence-corrected chi connectivity index (χ0v) is 15.3. The molecule has 1 saturated heterocycles. The summed E-state index contributed by atoms with van der Waals surface area (Å²) in [6, 6.07) is 8.01. The molecule has 1 aromatic heterocycles. The van der Waals surface area contributed by atoms with Gasteiger partial charge in [0, 0.05) is 48.7 Å². The van der Waals surface area contributed by atoms with Gasteiger partial charge in [-0.05, 0) is 38.3 Å². The number of carbonyl (C=O) groups excluding carboxylic acids is 1. The van der Waals surface area contributed by atoms with E-state index in [4.69, 9.17) is 0 Å². The quantitative estimate of drug-likeness (QED) is 0.619. The molecule has 2 amide bonds. The summed E-state index contributed by atoms with van der Waals surface area (Å²) in [5.41, 5.74) is 1.86. The van der Waals surface area contributed by atoms with Crippen LogP contribution in [-0.2, 0) is 6.54 Å². The Kier molecular flexibility index (Phi) is 5.85. The van der Waals surface area contributed by atoms with E-state index in [0.29, 0.717) is 17.8 Å². The smallest absolute Gasteiger partial charge is 0.319 e. The van der Waals surface area contributed by atoms with Gasteiger partial charge in [0.25, 0.3) is 5.69 Å². The molecule has 2 heterocycles. The Labute approximate surface area is 157 Å². The summed E-state index contributed by atoms with van der Waals surface area (Å²) < 4.78 is 0. The summed E-state index contributed by atoms with van der Waals surface area (Å²) in [5, 5.41) is 16.5. The second kappa shape index (κ2) is 8.48. The number of carbonyl (C=O) groups is 1. The molecule has 27 heavy (non-hydrogen) atoms. The van der Waals surface area contributed by atoms with Crippen molar-refractivity contribution < 1.29 is 9.72 Å². The van der Waals surface area contributed by atoms with Gasteiger partial charge in [0.1, 0.15) is 5.82 Å². The van der Waals surface area contributed by atoms with Crippen molar-refractivity contribution in [3.63, 3.8) is 0 Å². The molecular weight excluding hydrogens is 346 g/mol. The molecule has 1 aliphatic heterocycles. The molecule has 8 nitrogen and oxygen atoms in total. The molecule has 0 aliphatic carbocycles. The number of hydrogen-bond donors (Lipinski definition) is 2. The second-order valence-corrected chi connectivity index (χ2v) is 6.60. The lowest BCUT2D eigenvalue weighted by atomic mass is 10.1. The van der Waals surface area contributed by atoms with E-state index in [-0.39, 0.29) is 5.69 Å². The number of piperidine rings is 1. The molecule has 2 N–H and O–H groups in total. The minimum absolute atomic E-state index is 0.0209. The van der Waals surface area contributed by atoms with Crippen LogP contribution in [0.4, 0.5) is 22.0 Å². The number of anilines is 2. The fourth-order valence-corrected chi connectivity index (χ4v) is 3.19. The fourth-order valence-electron chi connectivity index (χ4n) is 3.19. The lowest BCUT2D eigenvalue weighted by Gasteiger charge is -2.29. The number of aryl methyl sites for hydroxylation is 1. The molecule has 1 aliphatic rings. The van der Waals surface area contributed by atoms with Crippen LogP contribution >= 0.6 is 0 Å². The van der Waals surface area contributed by atoms with Gasteiger partial charge in [0.05, 0.1) is 4.92 Å². The summed E-state index contributed by atoms with van der Waals surface area (Å²) >= 11 is 0. The molecular formula is C19H23N5O3. The van der Waals surface area contributed by atoms with E-state index in [1.807, 2.05) is 12.1 Å². The van der Waals surface area contributed by atoms with Gasteiger partial charge < -0.3 is 15.5 Å². The molecule has 1 fully saturated rings. The third-order valence-electron chi connectivity index (χ3n) is 4.63. The normalized spacial score (nSPS) is 13.9. The lowest BCUT2D eigenvalue weighted by molar-refractivity contribution is -0.385. The number of urea groups is 1. The van der Waals surface area contributed by atoms with E-state index in [9.17, 15) is 14.9 Å². The molecule has 142 valence electrons. The van der Waals surface area contributed by atoms with Crippen LogP contribution in [0.5, 0.6) is 0 Å². The Morgan fingerprint density at radius 3 is 2.78 bits per heavy atom. The maximum Gasteiger partial charge on any atom is 0.319 e. The van der Waals surface area contributed by atoms with Gasteiger partial charge >= 0.3 is 6.03 Å². The molecule has 2 aromatic rings. The van der Waals surface area contributed by atoms with Crippen LogP contribution in [0.3, 0.4) is 0 Å². The predicted octanol–water partition coefficient (Wildman–Crippen LogP) is 3.61. The van der Waals surface area contributed by atoms with Crippen molar-refractivity contribution in [3.05, 3.63) is 57.8 Å². The third-order valence-corrected chi connectivity index (χ3v) is 4.63. The van der Waals surface area contributed by atoms with Gasteiger partial charge in [0.2, 0.25) is 0 Å². The Morgan fingerprint density at radius 2 is 2.04 bits per heavy atom. The van der Waals surface area contributed by atoms with Gasteiger partial charge in [-0.1, -0.05) is 12.1 Å². The highest BCUT2D eigenvalue weighted by Gasteiger charge is 2.16. The number of nitrogens with zero attached hydrogens (tertiary/aromatic N) is 3. The summed E-state index contributed by atoms with van der Waals surface area (Å²) in [4.78, 5) is 29.5. The monoisotopic (exact) mass is 369 g/mol. The van der Waals surface area contributed by atoms with Gasteiger partial charge in [-0.3, -0.25) is 10.1 Å². The number of benzene rings is 1. The first-order valence-corrected chi connectivity index (χ1v) is 9.03. The van der Waals surface area contributed by atoms with Gasteiger partial charge in [-0.25, -0.2) is 9.78 Å². The van der Waals surface area contributed by atoms with Crippen molar-refractivity contribution in [1.29, 1.82) is 0 Å². The third kappa shape index (κ3) is 4.72. The molecule has 0 spiro atoms. The average molecular weight is 369 g/mol. The minimum Gasteiger partial charge on any atom is -0.356 e. The van der Waals surface area contributed by atoms with Crippen molar-refractivity contribution in [3.8, 4) is 0 Å². The summed E-state index contributed by atoms with van der Waals surface area (Å²) in [5.74, 6) is 0.906. The van der Waals surface area contributed by atoms with E-state index in [2.05, 4.69) is 20.5 Å². The molecule has 0 atom stereocenters. The molecule has 1 aromatic carbocycles. The van der Waals surface area contributed by atoms with Crippen LogP contribution in [-0.4, -0.2) is 29.0 Å². The number of nitro groups is 1. The van der Waals surface area contributed by atoms with E-state index < -0.39 is 11.0 Å². The highest BCUT2D eigenvalue weighted by atomic mass is 16.6. The zero-order chi connectivity index (χ0) is 19.2. The Balaban J connectivity index is 1.63. The first-order chi connectivity index (χ1) is 13.0. The molecule has 8 heteroatoms. The lowest BCUT2D eigenvalue weighted by Crippen LogP contribution is -2.33. The first-order valence-electron chi connectivity index (χ1n) is 9.03. The van der Waals surface area contributed by atoms with E-state index in [0.717, 1.165) is 37.3 Å². The number of amides is 2. The number of nitro benzene ring substituents is 1. The second-order valence-electron chi connectivity index (χ2n) is 6.60.